The van der Waals surface area contributed by atoms with Crippen LogP contribution in [0.4, 0.5) is 0 Å². The first kappa shape index (κ1) is 13.3. The highest BCUT2D eigenvalue weighted by Gasteiger charge is 2.34. The van der Waals surface area contributed by atoms with Gasteiger partial charge in [-0.05, 0) is 37.3 Å². The Morgan fingerprint density at radius 3 is 2.75 bits per heavy atom. The van der Waals surface area contributed by atoms with Gasteiger partial charge in [0.25, 0.3) is 5.91 Å². The van der Waals surface area contributed by atoms with Gasteiger partial charge in [-0.15, -0.1) is 0 Å². The van der Waals surface area contributed by atoms with Crippen LogP contribution >= 0.6 is 0 Å². The molecule has 4 nitrogen and oxygen atoms in total. The Kier molecular flexibility index (Phi) is 3.57. The number of carbonyl (C=O) groups excluding carboxylic acids is 1. The van der Waals surface area contributed by atoms with Gasteiger partial charge in [0.2, 0.25) is 0 Å². The van der Waals surface area contributed by atoms with Crippen molar-refractivity contribution < 1.29 is 9.90 Å². The maximum Gasteiger partial charge on any atom is 0.278 e. The van der Waals surface area contributed by atoms with Crippen molar-refractivity contribution in [2.75, 3.05) is 6.54 Å². The Bertz CT molecular complexity index is 549. The predicted octanol–water partition coefficient (Wildman–Crippen LogP) is 1.69. The molecule has 1 aliphatic carbocycles. The smallest absolute Gasteiger partial charge is 0.278 e. The number of hydrogen-bond donors (Lipinski definition) is 1. The highest BCUT2D eigenvalue weighted by molar-refractivity contribution is 6.00. The highest BCUT2D eigenvalue weighted by atomic mass is 16.3. The number of nitrogens with zero attached hydrogens (tertiary/aromatic N) is 2. The third-order valence-electron chi connectivity index (χ3n) is 4.35. The van der Waals surface area contributed by atoms with Crippen LogP contribution in [0.25, 0.3) is 0 Å². The lowest BCUT2D eigenvalue weighted by molar-refractivity contribution is -0.127. The van der Waals surface area contributed by atoms with Gasteiger partial charge in [-0.2, -0.15) is 4.99 Å². The van der Waals surface area contributed by atoms with Crippen LogP contribution in [-0.2, 0) is 11.2 Å². The van der Waals surface area contributed by atoms with Crippen LogP contribution in [0, 0.1) is 6.92 Å². The molecule has 106 valence electrons. The van der Waals surface area contributed by atoms with Crippen LogP contribution in [0.15, 0.2) is 29.3 Å². The second kappa shape index (κ2) is 5.37. The molecule has 1 unspecified atom stereocenters. The first-order valence-corrected chi connectivity index (χ1v) is 7.26. The van der Waals surface area contributed by atoms with Gasteiger partial charge < -0.3 is 10.0 Å². The van der Waals surface area contributed by atoms with Crippen LogP contribution in [0.2, 0.25) is 0 Å². The van der Waals surface area contributed by atoms with Crippen molar-refractivity contribution in [2.45, 2.75) is 44.8 Å². The second-order valence-electron chi connectivity index (χ2n) is 5.72. The lowest BCUT2D eigenvalue weighted by Crippen LogP contribution is -2.53. The zero-order valence-corrected chi connectivity index (χ0v) is 11.7. The molecule has 3 rings (SSSR count). The third-order valence-corrected chi connectivity index (χ3v) is 4.35. The first-order chi connectivity index (χ1) is 9.65. The number of aryl methyl sites for hydroxylation is 1. The largest absolute Gasteiger partial charge is 0.381 e. The number of hydrogen-bond acceptors (Lipinski definition) is 3. The molecular weight excluding hydrogens is 252 g/mol. The molecule has 1 fully saturated rings. The topological polar surface area (TPSA) is 52.9 Å². The van der Waals surface area contributed by atoms with Crippen molar-refractivity contribution in [3.05, 3.63) is 35.4 Å². The van der Waals surface area contributed by atoms with Gasteiger partial charge in [-0.1, -0.05) is 24.3 Å². The van der Waals surface area contributed by atoms with Crippen molar-refractivity contribution in [2.24, 2.45) is 4.99 Å². The number of aliphatic imine (C=N–C) groups is 1. The minimum Gasteiger partial charge on any atom is -0.381 e. The number of amidine groups is 1. The fourth-order valence-corrected chi connectivity index (χ4v) is 2.81. The second-order valence-corrected chi connectivity index (χ2v) is 5.72. The number of carbonyl (C=O) groups is 1. The van der Waals surface area contributed by atoms with Gasteiger partial charge in [-0.3, -0.25) is 4.79 Å². The summed E-state index contributed by atoms with van der Waals surface area (Å²) in [6, 6.07) is 8.62. The van der Waals surface area contributed by atoms with Crippen molar-refractivity contribution in [1.82, 2.24) is 4.90 Å². The molecule has 1 aromatic rings. The SMILES string of the molecule is Cc1ccccc1CC1=NC(=O)C(O)CN1C1CCC1. The number of aliphatic hydroxyl groups excluding tert-OH is 1. The average Bonchev–Trinajstić information content (AvgIpc) is 2.36. The molecule has 1 amide bonds. The molecule has 1 heterocycles. The van der Waals surface area contributed by atoms with Crippen LogP contribution in [-0.4, -0.2) is 40.4 Å². The highest BCUT2D eigenvalue weighted by Crippen LogP contribution is 2.28. The standard InChI is InChI=1S/C16H20N2O2/c1-11-5-2-3-6-12(11)9-15-17-16(20)14(19)10-18(15)13-7-4-8-13/h2-3,5-6,13-14,19H,4,7-10H2,1H3. The molecule has 0 radical (unpaired) electrons. The first-order valence-electron chi connectivity index (χ1n) is 7.26. The molecule has 1 atom stereocenters. The van der Waals surface area contributed by atoms with E-state index in [2.05, 4.69) is 28.9 Å². The fourth-order valence-electron chi connectivity index (χ4n) is 2.81. The molecule has 0 aromatic heterocycles. The van der Waals surface area contributed by atoms with Gasteiger partial charge in [0.05, 0.1) is 6.54 Å². The van der Waals surface area contributed by atoms with E-state index in [0.717, 1.165) is 18.7 Å². The molecule has 20 heavy (non-hydrogen) atoms. The monoisotopic (exact) mass is 272 g/mol. The molecule has 1 aliphatic heterocycles. The molecule has 1 aromatic carbocycles. The third kappa shape index (κ3) is 2.48. The van der Waals surface area contributed by atoms with Gasteiger partial charge in [-0.25, -0.2) is 0 Å². The Hall–Kier alpha value is -1.68. The Morgan fingerprint density at radius 2 is 2.10 bits per heavy atom. The van der Waals surface area contributed by atoms with Gasteiger partial charge in [0.15, 0.2) is 6.10 Å². The number of rotatable bonds is 3. The van der Waals surface area contributed by atoms with Crippen LogP contribution in [0.5, 0.6) is 0 Å². The lowest BCUT2D eigenvalue weighted by Gasteiger charge is -2.42. The average molecular weight is 272 g/mol. The summed E-state index contributed by atoms with van der Waals surface area (Å²) in [6.45, 7) is 2.47. The van der Waals surface area contributed by atoms with Gasteiger partial charge in [0.1, 0.15) is 5.84 Å². The van der Waals surface area contributed by atoms with Crippen LogP contribution < -0.4 is 0 Å². The van der Waals surface area contributed by atoms with Crippen LogP contribution in [0.1, 0.15) is 30.4 Å². The molecule has 1 saturated carbocycles. The quantitative estimate of drug-likeness (QED) is 0.911. The maximum absolute atomic E-state index is 11.7. The number of β-amino-alcohol motifs (C(OH)–C–C–N with tert-alkyl or cyclic N) is 1. The summed E-state index contributed by atoms with van der Waals surface area (Å²) in [5.41, 5.74) is 2.40. The van der Waals surface area contributed by atoms with E-state index in [1.54, 1.807) is 0 Å². The zero-order chi connectivity index (χ0) is 14.1. The van der Waals surface area contributed by atoms with E-state index in [1.807, 2.05) is 12.1 Å². The Labute approximate surface area is 119 Å². The summed E-state index contributed by atoms with van der Waals surface area (Å²) >= 11 is 0. The number of benzene rings is 1. The number of amides is 1. The minimum atomic E-state index is -0.962. The lowest BCUT2D eigenvalue weighted by atomic mass is 9.90. The van der Waals surface area contributed by atoms with Crippen LogP contribution in [0.3, 0.4) is 0 Å². The molecule has 1 N–H and O–H groups in total. The van der Waals surface area contributed by atoms with E-state index in [0.29, 0.717) is 19.0 Å². The maximum atomic E-state index is 11.7. The fraction of sp³-hybridized carbons (Fsp3) is 0.500. The Balaban J connectivity index is 1.85. The van der Waals surface area contributed by atoms with E-state index < -0.39 is 12.0 Å². The van der Waals surface area contributed by atoms with Gasteiger partial charge in [0, 0.05) is 12.5 Å². The van der Waals surface area contributed by atoms with Crippen molar-refractivity contribution >= 4 is 11.7 Å². The zero-order valence-electron chi connectivity index (χ0n) is 11.7. The van der Waals surface area contributed by atoms with E-state index in [4.69, 9.17) is 0 Å². The van der Waals surface area contributed by atoms with E-state index in [9.17, 15) is 9.90 Å². The van der Waals surface area contributed by atoms with Crippen molar-refractivity contribution in [1.29, 1.82) is 0 Å². The van der Waals surface area contributed by atoms with E-state index >= 15 is 0 Å². The number of aliphatic hydroxyl groups is 1. The van der Waals surface area contributed by atoms with E-state index in [1.165, 1.54) is 17.5 Å². The summed E-state index contributed by atoms with van der Waals surface area (Å²) in [7, 11) is 0. The minimum absolute atomic E-state index is 0.397. The molecule has 0 spiro atoms. The molecule has 4 heteroatoms. The van der Waals surface area contributed by atoms with Gasteiger partial charge >= 0.3 is 0 Å². The normalized spacial score (nSPS) is 23.5. The summed E-state index contributed by atoms with van der Waals surface area (Å²) in [6.07, 6.45) is 3.20. The molecule has 0 bridgehead atoms. The molecule has 2 aliphatic rings. The van der Waals surface area contributed by atoms with Crippen molar-refractivity contribution in [3.8, 4) is 0 Å². The molecule has 0 saturated heterocycles. The Morgan fingerprint density at radius 1 is 1.35 bits per heavy atom. The van der Waals surface area contributed by atoms with E-state index in [-0.39, 0.29) is 0 Å². The summed E-state index contributed by atoms with van der Waals surface area (Å²) in [5.74, 6) is 0.420. The van der Waals surface area contributed by atoms with Crippen molar-refractivity contribution in [3.63, 3.8) is 0 Å². The summed E-state index contributed by atoms with van der Waals surface area (Å²) < 4.78 is 0. The summed E-state index contributed by atoms with van der Waals surface area (Å²) in [4.78, 5) is 18.0. The predicted molar refractivity (Wildman–Crippen MR) is 77.7 cm³/mol. The summed E-state index contributed by atoms with van der Waals surface area (Å²) in [5, 5.41) is 9.76. The molecular formula is C16H20N2O2.